The highest BCUT2D eigenvalue weighted by Crippen LogP contribution is 2.29. The second-order valence-corrected chi connectivity index (χ2v) is 5.55. The standard InChI is InChI=1S/C16H10Cl2O2/c17-15(19)11-3-1-9-5-14-8-12(16(18)20)4-2-10(14)6-13(9)7-11/h1-4,7-8H,5-6H2. The Morgan fingerprint density at radius 2 is 1.10 bits per heavy atom. The quantitative estimate of drug-likeness (QED) is 0.672. The molecule has 20 heavy (non-hydrogen) atoms. The summed E-state index contributed by atoms with van der Waals surface area (Å²) in [7, 11) is 0. The Hall–Kier alpha value is -1.64. The Morgan fingerprint density at radius 3 is 1.45 bits per heavy atom. The Morgan fingerprint density at radius 1 is 0.700 bits per heavy atom. The van der Waals surface area contributed by atoms with E-state index in [1.54, 1.807) is 12.1 Å². The van der Waals surface area contributed by atoms with E-state index in [0.29, 0.717) is 11.1 Å². The van der Waals surface area contributed by atoms with Gasteiger partial charge in [0.1, 0.15) is 0 Å². The fraction of sp³-hybridized carbons (Fsp3) is 0.125. The van der Waals surface area contributed by atoms with Crippen LogP contribution in [0.25, 0.3) is 0 Å². The number of benzene rings is 2. The Kier molecular flexibility index (Phi) is 3.36. The summed E-state index contributed by atoms with van der Waals surface area (Å²) >= 11 is 11.0. The molecule has 0 aliphatic heterocycles. The van der Waals surface area contributed by atoms with E-state index >= 15 is 0 Å². The summed E-state index contributed by atoms with van der Waals surface area (Å²) in [6, 6.07) is 11.0. The molecule has 2 aromatic carbocycles. The van der Waals surface area contributed by atoms with E-state index in [2.05, 4.69) is 0 Å². The maximum absolute atomic E-state index is 11.2. The predicted octanol–water partition coefficient (Wildman–Crippen LogP) is 3.94. The topological polar surface area (TPSA) is 34.1 Å². The van der Waals surface area contributed by atoms with Gasteiger partial charge in [-0.1, -0.05) is 12.1 Å². The largest absolute Gasteiger partial charge is 0.276 e. The summed E-state index contributed by atoms with van der Waals surface area (Å²) in [5.41, 5.74) is 5.54. The normalized spacial score (nSPS) is 12.5. The van der Waals surface area contributed by atoms with Crippen molar-refractivity contribution in [1.29, 1.82) is 0 Å². The van der Waals surface area contributed by atoms with Gasteiger partial charge in [-0.05, 0) is 82.6 Å². The number of rotatable bonds is 2. The molecule has 0 saturated carbocycles. The average molecular weight is 305 g/mol. The van der Waals surface area contributed by atoms with Crippen LogP contribution in [0, 0.1) is 0 Å². The van der Waals surface area contributed by atoms with Crippen LogP contribution < -0.4 is 0 Å². The third-order valence-corrected chi connectivity index (χ3v) is 4.06. The first-order valence-electron chi connectivity index (χ1n) is 6.18. The van der Waals surface area contributed by atoms with Crippen molar-refractivity contribution in [3.05, 3.63) is 69.8 Å². The third kappa shape index (κ3) is 2.37. The van der Waals surface area contributed by atoms with Gasteiger partial charge < -0.3 is 0 Å². The van der Waals surface area contributed by atoms with Crippen molar-refractivity contribution < 1.29 is 9.59 Å². The van der Waals surface area contributed by atoms with E-state index in [-0.39, 0.29) is 0 Å². The van der Waals surface area contributed by atoms with Gasteiger partial charge in [0, 0.05) is 11.1 Å². The van der Waals surface area contributed by atoms with Gasteiger partial charge in [0.05, 0.1) is 0 Å². The van der Waals surface area contributed by atoms with Gasteiger partial charge in [0.2, 0.25) is 0 Å². The van der Waals surface area contributed by atoms with Crippen molar-refractivity contribution in [1.82, 2.24) is 0 Å². The first-order chi connectivity index (χ1) is 9.54. The molecule has 0 amide bonds. The average Bonchev–Trinajstić information content (AvgIpc) is 2.43. The molecule has 4 heteroatoms. The monoisotopic (exact) mass is 304 g/mol. The van der Waals surface area contributed by atoms with Gasteiger partial charge in [0.15, 0.2) is 0 Å². The van der Waals surface area contributed by atoms with Crippen LogP contribution in [-0.4, -0.2) is 10.5 Å². The van der Waals surface area contributed by atoms with Gasteiger partial charge in [-0.3, -0.25) is 9.59 Å². The van der Waals surface area contributed by atoms with Gasteiger partial charge >= 0.3 is 0 Å². The molecule has 1 aliphatic carbocycles. The summed E-state index contributed by atoms with van der Waals surface area (Å²) in [4.78, 5) is 22.4. The van der Waals surface area contributed by atoms with Crippen molar-refractivity contribution >= 4 is 33.7 Å². The molecule has 2 nitrogen and oxygen atoms in total. The zero-order chi connectivity index (χ0) is 14.3. The van der Waals surface area contributed by atoms with Gasteiger partial charge in [0.25, 0.3) is 10.5 Å². The zero-order valence-electron chi connectivity index (χ0n) is 10.5. The molecule has 0 N–H and O–H groups in total. The van der Waals surface area contributed by atoms with Crippen LogP contribution in [0.5, 0.6) is 0 Å². The van der Waals surface area contributed by atoms with E-state index < -0.39 is 10.5 Å². The molecule has 0 unspecified atom stereocenters. The number of fused-ring (bicyclic) bond motifs is 2. The Labute approximate surface area is 126 Å². The highest BCUT2D eigenvalue weighted by molar-refractivity contribution is 6.68. The second kappa shape index (κ2) is 5.04. The number of hydrogen-bond acceptors (Lipinski definition) is 2. The molecule has 1 aliphatic rings. The fourth-order valence-electron chi connectivity index (χ4n) is 2.58. The highest BCUT2D eigenvalue weighted by Gasteiger charge is 2.18. The maximum atomic E-state index is 11.2. The summed E-state index contributed by atoms with van der Waals surface area (Å²) < 4.78 is 0. The first kappa shape index (κ1) is 13.3. The van der Waals surface area contributed by atoms with E-state index in [1.807, 2.05) is 24.3 Å². The minimum atomic E-state index is -0.443. The van der Waals surface area contributed by atoms with Crippen LogP contribution in [0.15, 0.2) is 36.4 Å². The molecule has 2 aromatic rings. The minimum Gasteiger partial charge on any atom is -0.276 e. The number of halogens is 2. The minimum absolute atomic E-state index is 0.443. The predicted molar refractivity (Wildman–Crippen MR) is 78.9 cm³/mol. The first-order valence-corrected chi connectivity index (χ1v) is 6.93. The molecule has 100 valence electrons. The lowest BCUT2D eigenvalue weighted by Crippen LogP contribution is -2.09. The summed E-state index contributed by atoms with van der Waals surface area (Å²) in [5, 5.41) is -0.886. The van der Waals surface area contributed by atoms with Gasteiger partial charge in [-0.15, -0.1) is 0 Å². The van der Waals surface area contributed by atoms with E-state index in [4.69, 9.17) is 23.2 Å². The highest BCUT2D eigenvalue weighted by atomic mass is 35.5. The molecule has 0 heterocycles. The van der Waals surface area contributed by atoms with E-state index in [1.165, 1.54) is 0 Å². The molecule has 0 saturated heterocycles. The van der Waals surface area contributed by atoms with Crippen LogP contribution in [0.1, 0.15) is 43.0 Å². The maximum Gasteiger partial charge on any atom is 0.252 e. The lowest BCUT2D eigenvalue weighted by Gasteiger charge is -2.20. The molecule has 0 bridgehead atoms. The Balaban J connectivity index is 2.02. The molecule has 0 spiro atoms. The smallest absolute Gasteiger partial charge is 0.252 e. The number of carbonyl (C=O) groups is 2. The Bertz CT molecular complexity index is 672. The lowest BCUT2D eigenvalue weighted by atomic mass is 9.84. The molecule has 0 atom stereocenters. The third-order valence-electron chi connectivity index (χ3n) is 3.63. The van der Waals surface area contributed by atoms with Crippen molar-refractivity contribution in [2.75, 3.05) is 0 Å². The lowest BCUT2D eigenvalue weighted by molar-refractivity contribution is 0.107. The second-order valence-electron chi connectivity index (χ2n) is 4.87. The van der Waals surface area contributed by atoms with E-state index in [9.17, 15) is 9.59 Å². The van der Waals surface area contributed by atoms with E-state index in [0.717, 1.165) is 35.1 Å². The van der Waals surface area contributed by atoms with Crippen molar-refractivity contribution in [3.8, 4) is 0 Å². The van der Waals surface area contributed by atoms with Gasteiger partial charge in [-0.25, -0.2) is 0 Å². The fourth-order valence-corrected chi connectivity index (χ4v) is 2.82. The summed E-state index contributed by atoms with van der Waals surface area (Å²) in [5.74, 6) is 0. The molecular formula is C16H10Cl2O2. The summed E-state index contributed by atoms with van der Waals surface area (Å²) in [6.07, 6.45) is 1.47. The zero-order valence-corrected chi connectivity index (χ0v) is 12.0. The van der Waals surface area contributed by atoms with Crippen LogP contribution in [0.4, 0.5) is 0 Å². The van der Waals surface area contributed by atoms with Crippen molar-refractivity contribution in [3.63, 3.8) is 0 Å². The molecule has 0 aromatic heterocycles. The molecule has 3 rings (SSSR count). The van der Waals surface area contributed by atoms with Crippen LogP contribution >= 0.6 is 23.2 Å². The molecule has 0 radical (unpaired) electrons. The molecular weight excluding hydrogens is 295 g/mol. The van der Waals surface area contributed by atoms with Crippen molar-refractivity contribution in [2.24, 2.45) is 0 Å². The summed E-state index contributed by atoms with van der Waals surface area (Å²) in [6.45, 7) is 0. The van der Waals surface area contributed by atoms with Crippen molar-refractivity contribution in [2.45, 2.75) is 12.8 Å². The van der Waals surface area contributed by atoms with Crippen LogP contribution in [0.2, 0.25) is 0 Å². The number of carbonyl (C=O) groups excluding carboxylic acids is 2. The number of hydrogen-bond donors (Lipinski definition) is 0. The molecule has 0 fully saturated rings. The van der Waals surface area contributed by atoms with Crippen LogP contribution in [-0.2, 0) is 12.8 Å². The van der Waals surface area contributed by atoms with Crippen LogP contribution in [0.3, 0.4) is 0 Å². The van der Waals surface area contributed by atoms with Gasteiger partial charge in [-0.2, -0.15) is 0 Å². The SMILES string of the molecule is O=C(Cl)c1ccc2c(c1)Cc1ccc(C(=O)Cl)cc1C2.